The summed E-state index contributed by atoms with van der Waals surface area (Å²) in [5.74, 6) is -0.843. The average molecular weight is 542 g/mol. The maximum Gasteiger partial charge on any atom is 0.264 e. The van der Waals surface area contributed by atoms with E-state index in [-0.39, 0.29) is 23.4 Å². The van der Waals surface area contributed by atoms with Gasteiger partial charge in [-0.05, 0) is 63.1 Å². The molecule has 0 bridgehead atoms. The number of rotatable bonds is 10. The van der Waals surface area contributed by atoms with Crippen LogP contribution in [0.5, 0.6) is 0 Å². The number of nitrogens with zero attached hydrogens (tertiary/aromatic N) is 2. The van der Waals surface area contributed by atoms with Crippen LogP contribution in [0.15, 0.2) is 83.8 Å². The summed E-state index contributed by atoms with van der Waals surface area (Å²) < 4.78 is 28.7. The van der Waals surface area contributed by atoms with E-state index < -0.39 is 28.5 Å². The number of halogens is 1. The molecule has 1 N–H and O–H groups in total. The molecule has 196 valence electrons. The van der Waals surface area contributed by atoms with Crippen molar-refractivity contribution in [2.24, 2.45) is 0 Å². The third-order valence-electron chi connectivity index (χ3n) is 5.91. The van der Waals surface area contributed by atoms with Crippen molar-refractivity contribution in [2.45, 2.75) is 51.2 Å². The second-order valence-corrected chi connectivity index (χ2v) is 11.3. The SMILES string of the molecule is Cc1c(Cl)cccc1N(CC(=O)N(Cc1ccccc1)[C@@H](C)C(=O)NC(C)C)S(=O)(=O)c1ccccc1. The van der Waals surface area contributed by atoms with E-state index in [4.69, 9.17) is 11.6 Å². The van der Waals surface area contributed by atoms with Gasteiger partial charge in [0.2, 0.25) is 11.8 Å². The first-order valence-electron chi connectivity index (χ1n) is 12.0. The molecule has 2 amide bonds. The first-order valence-corrected chi connectivity index (χ1v) is 13.8. The molecule has 0 unspecified atom stereocenters. The summed E-state index contributed by atoms with van der Waals surface area (Å²) in [6.45, 7) is 6.65. The zero-order chi connectivity index (χ0) is 27.2. The lowest BCUT2D eigenvalue weighted by molar-refractivity contribution is -0.139. The minimum Gasteiger partial charge on any atom is -0.352 e. The third kappa shape index (κ3) is 6.90. The lowest BCUT2D eigenvalue weighted by Crippen LogP contribution is -2.52. The molecule has 0 heterocycles. The Morgan fingerprint density at radius 2 is 1.49 bits per heavy atom. The second kappa shape index (κ2) is 12.3. The maximum absolute atomic E-state index is 13.8. The number of hydrogen-bond donors (Lipinski definition) is 1. The molecule has 3 aromatic rings. The number of sulfonamides is 1. The summed E-state index contributed by atoms with van der Waals surface area (Å²) in [6, 6.07) is 21.1. The molecule has 3 aromatic carbocycles. The van der Waals surface area contributed by atoms with Crippen molar-refractivity contribution >= 4 is 39.1 Å². The Kier molecular flexibility index (Phi) is 9.34. The fourth-order valence-corrected chi connectivity index (χ4v) is 5.53. The van der Waals surface area contributed by atoms with E-state index in [1.165, 1.54) is 17.0 Å². The molecule has 0 spiro atoms. The van der Waals surface area contributed by atoms with Gasteiger partial charge in [-0.2, -0.15) is 0 Å². The number of nitrogens with one attached hydrogen (secondary N) is 1. The normalized spacial score (nSPS) is 12.2. The highest BCUT2D eigenvalue weighted by Gasteiger charge is 2.33. The van der Waals surface area contributed by atoms with Gasteiger partial charge < -0.3 is 10.2 Å². The van der Waals surface area contributed by atoms with Crippen LogP contribution in [0.3, 0.4) is 0 Å². The first-order chi connectivity index (χ1) is 17.5. The molecule has 3 rings (SSSR count). The molecule has 1 atom stereocenters. The predicted octanol–water partition coefficient (Wildman–Crippen LogP) is 4.79. The van der Waals surface area contributed by atoms with Gasteiger partial charge in [0.05, 0.1) is 10.6 Å². The van der Waals surface area contributed by atoms with Crippen LogP contribution < -0.4 is 9.62 Å². The van der Waals surface area contributed by atoms with Gasteiger partial charge in [-0.15, -0.1) is 0 Å². The Bertz CT molecular complexity index is 1330. The summed E-state index contributed by atoms with van der Waals surface area (Å²) in [6.07, 6.45) is 0. The predicted molar refractivity (Wildman–Crippen MR) is 147 cm³/mol. The van der Waals surface area contributed by atoms with Gasteiger partial charge in [0, 0.05) is 17.6 Å². The van der Waals surface area contributed by atoms with Crippen LogP contribution in [0.4, 0.5) is 5.69 Å². The standard InChI is InChI=1S/C28H32ClN3O4S/c1-20(2)30-28(34)22(4)31(18-23-12-7-5-8-13-23)27(33)19-32(26-17-11-16-25(29)21(26)3)37(35,36)24-14-9-6-10-15-24/h5-17,20,22H,18-19H2,1-4H3,(H,30,34)/t22-/m0/s1. The number of amides is 2. The molecule has 0 aliphatic rings. The Hall–Kier alpha value is -3.36. The zero-order valence-electron chi connectivity index (χ0n) is 21.4. The molecule has 0 aliphatic heterocycles. The number of anilines is 1. The van der Waals surface area contributed by atoms with Crippen LogP contribution in [-0.2, 0) is 26.2 Å². The summed E-state index contributed by atoms with van der Waals surface area (Å²) in [7, 11) is -4.13. The Balaban J connectivity index is 2.05. The largest absolute Gasteiger partial charge is 0.352 e. The molecule has 37 heavy (non-hydrogen) atoms. The van der Waals surface area contributed by atoms with Crippen molar-refractivity contribution in [1.82, 2.24) is 10.2 Å². The van der Waals surface area contributed by atoms with E-state index in [0.29, 0.717) is 16.3 Å². The summed E-state index contributed by atoms with van der Waals surface area (Å²) >= 11 is 6.33. The van der Waals surface area contributed by atoms with Crippen LogP contribution in [0.1, 0.15) is 31.9 Å². The van der Waals surface area contributed by atoms with Gasteiger partial charge in [-0.1, -0.05) is 66.2 Å². The van der Waals surface area contributed by atoms with Crippen LogP contribution >= 0.6 is 11.6 Å². The van der Waals surface area contributed by atoms with Crippen molar-refractivity contribution in [3.8, 4) is 0 Å². The highest BCUT2D eigenvalue weighted by atomic mass is 35.5. The Morgan fingerprint density at radius 1 is 0.892 bits per heavy atom. The summed E-state index contributed by atoms with van der Waals surface area (Å²) in [5.41, 5.74) is 1.64. The molecule has 0 fully saturated rings. The lowest BCUT2D eigenvalue weighted by atomic mass is 10.1. The van der Waals surface area contributed by atoms with Gasteiger partial charge >= 0.3 is 0 Å². The minimum atomic E-state index is -4.13. The number of benzene rings is 3. The number of hydrogen-bond acceptors (Lipinski definition) is 4. The van der Waals surface area contributed by atoms with Crippen LogP contribution in [0.25, 0.3) is 0 Å². The van der Waals surface area contributed by atoms with E-state index in [0.717, 1.165) is 9.87 Å². The lowest BCUT2D eigenvalue weighted by Gasteiger charge is -2.32. The van der Waals surface area contributed by atoms with Gasteiger partial charge in [0.1, 0.15) is 12.6 Å². The molecule has 9 heteroatoms. The summed E-state index contributed by atoms with van der Waals surface area (Å²) in [5, 5.41) is 3.22. The molecule has 0 saturated carbocycles. The molecule has 7 nitrogen and oxygen atoms in total. The average Bonchev–Trinajstić information content (AvgIpc) is 2.88. The van der Waals surface area contributed by atoms with Crippen molar-refractivity contribution in [2.75, 3.05) is 10.8 Å². The maximum atomic E-state index is 13.8. The number of carbonyl (C=O) groups is 2. The molecule has 0 aliphatic carbocycles. The van der Waals surface area contributed by atoms with E-state index in [9.17, 15) is 18.0 Å². The highest BCUT2D eigenvalue weighted by Crippen LogP contribution is 2.31. The van der Waals surface area contributed by atoms with Gasteiger partial charge in [0.15, 0.2) is 0 Å². The summed E-state index contributed by atoms with van der Waals surface area (Å²) in [4.78, 5) is 28.2. The van der Waals surface area contributed by atoms with E-state index >= 15 is 0 Å². The van der Waals surface area contributed by atoms with E-state index in [1.807, 2.05) is 44.2 Å². The van der Waals surface area contributed by atoms with Gasteiger partial charge in [0.25, 0.3) is 10.0 Å². The molecule has 0 radical (unpaired) electrons. The van der Waals surface area contributed by atoms with Crippen molar-refractivity contribution in [3.05, 3.63) is 95.0 Å². The Labute approximate surface area is 224 Å². The van der Waals surface area contributed by atoms with Gasteiger partial charge in [-0.25, -0.2) is 8.42 Å². The van der Waals surface area contributed by atoms with Crippen molar-refractivity contribution in [1.29, 1.82) is 0 Å². The van der Waals surface area contributed by atoms with Crippen LogP contribution in [0.2, 0.25) is 5.02 Å². The molecular formula is C28H32ClN3O4S. The Morgan fingerprint density at radius 3 is 2.08 bits per heavy atom. The second-order valence-electron chi connectivity index (χ2n) is 9.06. The number of carbonyl (C=O) groups excluding carboxylic acids is 2. The minimum absolute atomic E-state index is 0.0439. The topological polar surface area (TPSA) is 86.8 Å². The highest BCUT2D eigenvalue weighted by molar-refractivity contribution is 7.92. The smallest absolute Gasteiger partial charge is 0.264 e. The molecular weight excluding hydrogens is 510 g/mol. The fraction of sp³-hybridized carbons (Fsp3) is 0.286. The van der Waals surface area contributed by atoms with E-state index in [1.54, 1.807) is 50.2 Å². The first kappa shape index (κ1) is 28.2. The molecule has 0 aromatic heterocycles. The quantitative estimate of drug-likeness (QED) is 0.400. The third-order valence-corrected chi connectivity index (χ3v) is 8.10. The van der Waals surface area contributed by atoms with Crippen LogP contribution in [-0.4, -0.2) is 43.8 Å². The van der Waals surface area contributed by atoms with Crippen LogP contribution in [0, 0.1) is 6.92 Å². The van der Waals surface area contributed by atoms with Crippen molar-refractivity contribution in [3.63, 3.8) is 0 Å². The zero-order valence-corrected chi connectivity index (χ0v) is 23.0. The fourth-order valence-electron chi connectivity index (χ4n) is 3.87. The monoisotopic (exact) mass is 541 g/mol. The molecule has 0 saturated heterocycles. The van der Waals surface area contributed by atoms with E-state index in [2.05, 4.69) is 5.32 Å². The van der Waals surface area contributed by atoms with Gasteiger partial charge in [-0.3, -0.25) is 13.9 Å². The van der Waals surface area contributed by atoms with Crippen molar-refractivity contribution < 1.29 is 18.0 Å².